The predicted molar refractivity (Wildman–Crippen MR) is 99.2 cm³/mol. The lowest BCUT2D eigenvalue weighted by atomic mass is 9.96. The molecule has 4 rings (SSSR count). The summed E-state index contributed by atoms with van der Waals surface area (Å²) < 4.78 is 5.73. The van der Waals surface area contributed by atoms with Gasteiger partial charge in [-0.3, -0.25) is 0 Å². The molecular formula is C22H17NO2. The molecule has 0 saturated carbocycles. The molecule has 0 saturated heterocycles. The van der Waals surface area contributed by atoms with E-state index in [-0.39, 0.29) is 5.75 Å². The van der Waals surface area contributed by atoms with Crippen molar-refractivity contribution >= 4 is 0 Å². The van der Waals surface area contributed by atoms with Gasteiger partial charge in [0.15, 0.2) is 5.76 Å². The van der Waals surface area contributed by atoms with E-state index in [9.17, 15) is 5.11 Å². The van der Waals surface area contributed by atoms with Crippen molar-refractivity contribution in [2.24, 2.45) is 0 Å². The number of rotatable bonds is 3. The van der Waals surface area contributed by atoms with E-state index < -0.39 is 0 Å². The number of nitrogens with zero attached hydrogens (tertiary/aromatic N) is 1. The van der Waals surface area contributed by atoms with Crippen LogP contribution in [0.1, 0.15) is 5.56 Å². The number of phenols is 1. The maximum absolute atomic E-state index is 9.55. The molecule has 0 amide bonds. The largest absolute Gasteiger partial charge is 0.508 e. The molecule has 4 aromatic rings. The number of phenolic OH excluding ortho intramolecular Hbond substituents is 1. The third-order valence-electron chi connectivity index (χ3n) is 4.21. The van der Waals surface area contributed by atoms with Crippen molar-refractivity contribution in [1.82, 2.24) is 5.16 Å². The molecule has 0 aliphatic carbocycles. The van der Waals surface area contributed by atoms with Gasteiger partial charge in [0.2, 0.25) is 0 Å². The summed E-state index contributed by atoms with van der Waals surface area (Å²) in [4.78, 5) is 0. The monoisotopic (exact) mass is 327 g/mol. The molecule has 0 bridgehead atoms. The summed E-state index contributed by atoms with van der Waals surface area (Å²) in [6.07, 6.45) is 0. The molecule has 0 aliphatic heterocycles. The molecule has 0 aliphatic rings. The molecule has 3 nitrogen and oxygen atoms in total. The molecule has 0 fully saturated rings. The van der Waals surface area contributed by atoms with Crippen LogP contribution < -0.4 is 0 Å². The number of aromatic nitrogens is 1. The van der Waals surface area contributed by atoms with Crippen molar-refractivity contribution in [3.05, 3.63) is 84.4 Å². The highest BCUT2D eigenvalue weighted by molar-refractivity contribution is 5.90. The first-order valence-electron chi connectivity index (χ1n) is 8.14. The van der Waals surface area contributed by atoms with Gasteiger partial charge < -0.3 is 9.63 Å². The fourth-order valence-electron chi connectivity index (χ4n) is 2.88. The van der Waals surface area contributed by atoms with Gasteiger partial charge in [0.1, 0.15) is 11.4 Å². The summed E-state index contributed by atoms with van der Waals surface area (Å²) in [5.74, 6) is 0.921. The Labute approximate surface area is 146 Å². The number of hydrogen-bond acceptors (Lipinski definition) is 3. The summed E-state index contributed by atoms with van der Waals surface area (Å²) in [5.41, 5.74) is 5.90. The van der Waals surface area contributed by atoms with E-state index in [1.54, 1.807) is 12.1 Å². The van der Waals surface area contributed by atoms with Crippen LogP contribution in [-0.4, -0.2) is 10.3 Å². The lowest BCUT2D eigenvalue weighted by Crippen LogP contribution is -1.85. The summed E-state index contributed by atoms with van der Waals surface area (Å²) in [7, 11) is 0. The van der Waals surface area contributed by atoms with Crippen molar-refractivity contribution < 1.29 is 9.63 Å². The van der Waals surface area contributed by atoms with Crippen molar-refractivity contribution in [2.75, 3.05) is 0 Å². The van der Waals surface area contributed by atoms with E-state index in [0.717, 1.165) is 27.9 Å². The molecule has 1 heterocycles. The second kappa shape index (κ2) is 6.29. The van der Waals surface area contributed by atoms with Gasteiger partial charge in [-0.05, 0) is 36.8 Å². The summed E-state index contributed by atoms with van der Waals surface area (Å²) in [6, 6.07) is 25.3. The van der Waals surface area contributed by atoms with Crippen molar-refractivity contribution in [3.8, 4) is 39.5 Å². The van der Waals surface area contributed by atoms with Crippen LogP contribution in [0.4, 0.5) is 0 Å². The van der Waals surface area contributed by atoms with E-state index >= 15 is 0 Å². The van der Waals surface area contributed by atoms with Crippen LogP contribution in [0.2, 0.25) is 0 Å². The Balaban J connectivity index is 1.94. The molecule has 0 atom stereocenters. The molecule has 0 radical (unpaired) electrons. The summed E-state index contributed by atoms with van der Waals surface area (Å²) in [6.45, 7) is 2.06. The first kappa shape index (κ1) is 15.2. The van der Waals surface area contributed by atoms with Gasteiger partial charge in [-0.25, -0.2) is 0 Å². The number of hydrogen-bond donors (Lipinski definition) is 1. The lowest BCUT2D eigenvalue weighted by Gasteiger charge is -2.06. The molecule has 0 spiro atoms. The first-order valence-corrected chi connectivity index (χ1v) is 8.14. The summed E-state index contributed by atoms with van der Waals surface area (Å²) in [5, 5.41) is 13.9. The topological polar surface area (TPSA) is 46.3 Å². The van der Waals surface area contributed by atoms with Crippen LogP contribution in [0.3, 0.4) is 0 Å². The number of aryl methyl sites for hydroxylation is 1. The highest BCUT2D eigenvalue weighted by Crippen LogP contribution is 2.40. The smallest absolute Gasteiger partial charge is 0.175 e. The van der Waals surface area contributed by atoms with Gasteiger partial charge in [0.25, 0.3) is 0 Å². The van der Waals surface area contributed by atoms with Crippen molar-refractivity contribution in [1.29, 1.82) is 0 Å². The minimum Gasteiger partial charge on any atom is -0.508 e. The third-order valence-corrected chi connectivity index (χ3v) is 4.21. The lowest BCUT2D eigenvalue weighted by molar-refractivity contribution is 0.435. The Morgan fingerprint density at radius 2 is 1.36 bits per heavy atom. The second-order valence-electron chi connectivity index (χ2n) is 6.01. The van der Waals surface area contributed by atoms with Gasteiger partial charge in [-0.2, -0.15) is 0 Å². The minimum absolute atomic E-state index is 0.225. The van der Waals surface area contributed by atoms with Gasteiger partial charge in [-0.15, -0.1) is 0 Å². The third kappa shape index (κ3) is 2.92. The summed E-state index contributed by atoms with van der Waals surface area (Å²) >= 11 is 0. The van der Waals surface area contributed by atoms with E-state index in [2.05, 4.69) is 36.3 Å². The second-order valence-corrected chi connectivity index (χ2v) is 6.01. The van der Waals surface area contributed by atoms with Crippen LogP contribution in [0.25, 0.3) is 33.7 Å². The Hall–Kier alpha value is -3.33. The van der Waals surface area contributed by atoms with Gasteiger partial charge in [0.05, 0.1) is 5.56 Å². The fraction of sp³-hybridized carbons (Fsp3) is 0.0455. The Morgan fingerprint density at radius 3 is 2.04 bits per heavy atom. The maximum Gasteiger partial charge on any atom is 0.175 e. The fourth-order valence-corrected chi connectivity index (χ4v) is 2.88. The number of benzene rings is 3. The van der Waals surface area contributed by atoms with Gasteiger partial charge in [0, 0.05) is 11.1 Å². The minimum atomic E-state index is 0.225. The molecule has 0 unspecified atom stereocenters. The molecule has 3 heteroatoms. The molecule has 1 aromatic heterocycles. The zero-order valence-electron chi connectivity index (χ0n) is 13.8. The van der Waals surface area contributed by atoms with Gasteiger partial charge >= 0.3 is 0 Å². The van der Waals surface area contributed by atoms with Gasteiger partial charge in [-0.1, -0.05) is 65.3 Å². The van der Waals surface area contributed by atoms with Crippen LogP contribution in [-0.2, 0) is 0 Å². The van der Waals surface area contributed by atoms with E-state index in [0.29, 0.717) is 5.76 Å². The van der Waals surface area contributed by atoms with Crippen molar-refractivity contribution in [2.45, 2.75) is 6.92 Å². The quantitative estimate of drug-likeness (QED) is 0.526. The molecule has 25 heavy (non-hydrogen) atoms. The highest BCUT2D eigenvalue weighted by Gasteiger charge is 2.20. The Morgan fingerprint density at radius 1 is 0.720 bits per heavy atom. The predicted octanol–water partition coefficient (Wildman–Crippen LogP) is 5.69. The molecule has 122 valence electrons. The van der Waals surface area contributed by atoms with E-state index in [1.165, 1.54) is 5.56 Å². The number of aromatic hydroxyl groups is 1. The van der Waals surface area contributed by atoms with Crippen LogP contribution >= 0.6 is 0 Å². The molecule has 1 N–H and O–H groups in total. The average molecular weight is 327 g/mol. The zero-order chi connectivity index (χ0) is 17.2. The molecular weight excluding hydrogens is 310 g/mol. The van der Waals surface area contributed by atoms with Crippen LogP contribution in [0.15, 0.2) is 83.4 Å². The highest BCUT2D eigenvalue weighted by atomic mass is 16.5. The van der Waals surface area contributed by atoms with Crippen LogP contribution in [0, 0.1) is 6.92 Å². The molecule has 3 aromatic carbocycles. The zero-order valence-corrected chi connectivity index (χ0v) is 13.8. The normalized spacial score (nSPS) is 10.8. The van der Waals surface area contributed by atoms with E-state index in [4.69, 9.17) is 4.52 Å². The van der Waals surface area contributed by atoms with E-state index in [1.807, 2.05) is 42.5 Å². The first-order chi connectivity index (χ1) is 12.2. The standard InChI is InChI=1S/C22H17NO2/c1-15-7-9-17(10-8-15)21-20(16-5-3-2-4-6-16)22(25-23-21)18-11-13-19(24)14-12-18/h2-14,24H,1H3. The Bertz CT molecular complexity index is 922. The Kier molecular flexibility index (Phi) is 3.82. The maximum atomic E-state index is 9.55. The SMILES string of the molecule is Cc1ccc(-c2noc(-c3ccc(O)cc3)c2-c2ccccc2)cc1. The van der Waals surface area contributed by atoms with Crippen molar-refractivity contribution in [3.63, 3.8) is 0 Å². The van der Waals surface area contributed by atoms with Crippen LogP contribution in [0.5, 0.6) is 5.75 Å². The average Bonchev–Trinajstić information content (AvgIpc) is 3.09.